The molecule has 0 saturated heterocycles. The molecule has 2 aromatic rings. The van der Waals surface area contributed by atoms with Gasteiger partial charge in [-0.3, -0.25) is 0 Å². The van der Waals surface area contributed by atoms with Crippen molar-refractivity contribution >= 4 is 11.6 Å². The second-order valence-electron chi connectivity index (χ2n) is 6.49. The zero-order chi connectivity index (χ0) is 16.3. The normalized spacial score (nSPS) is 12.5. The maximum Gasteiger partial charge on any atom is 0.216 e. The van der Waals surface area contributed by atoms with Gasteiger partial charge in [0.25, 0.3) is 0 Å². The number of nitrogens with one attached hydrogen (secondary N) is 1. The molecule has 5 nitrogen and oxygen atoms in total. The Morgan fingerprint density at radius 1 is 1.27 bits per heavy atom. The molecule has 0 unspecified atom stereocenters. The standard InChI is InChI=1S/C17H24N4O/c1-11-6-7-13(8-12(11)2)21-16(18)20-10-15-19-9-14(22-15)17(3,4)5/h6-9H,10H2,1-5H3,(H3,18,20,21). The number of rotatable bonds is 3. The van der Waals surface area contributed by atoms with Gasteiger partial charge in [0, 0.05) is 11.1 Å². The zero-order valence-electron chi connectivity index (χ0n) is 13.9. The number of nitrogens with two attached hydrogens (primary N) is 1. The number of aromatic nitrogens is 1. The minimum atomic E-state index is -0.0574. The van der Waals surface area contributed by atoms with Gasteiger partial charge in [-0.25, -0.2) is 9.98 Å². The average Bonchev–Trinajstić information content (AvgIpc) is 2.89. The fourth-order valence-corrected chi connectivity index (χ4v) is 1.89. The molecule has 0 spiro atoms. The van der Waals surface area contributed by atoms with Crippen LogP contribution in [-0.4, -0.2) is 10.9 Å². The zero-order valence-corrected chi connectivity index (χ0v) is 13.9. The highest BCUT2D eigenvalue weighted by Gasteiger charge is 2.18. The monoisotopic (exact) mass is 300 g/mol. The number of oxazole rings is 1. The van der Waals surface area contributed by atoms with Crippen LogP contribution in [0, 0.1) is 13.8 Å². The van der Waals surface area contributed by atoms with Crippen LogP contribution in [-0.2, 0) is 12.0 Å². The molecule has 118 valence electrons. The van der Waals surface area contributed by atoms with Gasteiger partial charge in [0.05, 0.1) is 6.20 Å². The first-order chi connectivity index (χ1) is 10.3. The smallest absolute Gasteiger partial charge is 0.216 e. The van der Waals surface area contributed by atoms with E-state index in [9.17, 15) is 0 Å². The highest BCUT2D eigenvalue weighted by molar-refractivity contribution is 5.92. The number of hydrogen-bond donors (Lipinski definition) is 2. The lowest BCUT2D eigenvalue weighted by atomic mass is 9.94. The first-order valence-electron chi connectivity index (χ1n) is 7.35. The van der Waals surface area contributed by atoms with Gasteiger partial charge in [0.2, 0.25) is 5.89 Å². The van der Waals surface area contributed by atoms with Crippen LogP contribution in [0.15, 0.2) is 33.8 Å². The molecular weight excluding hydrogens is 276 g/mol. The van der Waals surface area contributed by atoms with Crippen LogP contribution in [0.25, 0.3) is 0 Å². The van der Waals surface area contributed by atoms with Crippen molar-refractivity contribution in [3.05, 3.63) is 47.2 Å². The molecule has 0 fully saturated rings. The maximum atomic E-state index is 5.90. The van der Waals surface area contributed by atoms with E-state index in [0.29, 0.717) is 18.4 Å². The second kappa shape index (κ2) is 6.22. The summed E-state index contributed by atoms with van der Waals surface area (Å²) in [5.41, 5.74) is 9.22. The summed E-state index contributed by atoms with van der Waals surface area (Å²) < 4.78 is 5.68. The molecule has 22 heavy (non-hydrogen) atoms. The van der Waals surface area contributed by atoms with Crippen LogP contribution in [0.3, 0.4) is 0 Å². The van der Waals surface area contributed by atoms with E-state index < -0.39 is 0 Å². The van der Waals surface area contributed by atoms with Crippen LogP contribution in [0.5, 0.6) is 0 Å². The van der Waals surface area contributed by atoms with Crippen molar-refractivity contribution in [3.8, 4) is 0 Å². The molecule has 0 aliphatic heterocycles. The van der Waals surface area contributed by atoms with Gasteiger partial charge in [-0.1, -0.05) is 26.8 Å². The van der Waals surface area contributed by atoms with Gasteiger partial charge in [-0.15, -0.1) is 0 Å². The van der Waals surface area contributed by atoms with Crippen LogP contribution < -0.4 is 11.1 Å². The van der Waals surface area contributed by atoms with Crippen molar-refractivity contribution in [3.63, 3.8) is 0 Å². The molecule has 0 aliphatic carbocycles. The highest BCUT2D eigenvalue weighted by atomic mass is 16.4. The number of benzene rings is 1. The van der Waals surface area contributed by atoms with Crippen molar-refractivity contribution in [1.82, 2.24) is 4.98 Å². The van der Waals surface area contributed by atoms with Crippen LogP contribution in [0.2, 0.25) is 0 Å². The van der Waals surface area contributed by atoms with E-state index in [1.165, 1.54) is 11.1 Å². The van der Waals surface area contributed by atoms with E-state index in [4.69, 9.17) is 10.2 Å². The summed E-state index contributed by atoms with van der Waals surface area (Å²) in [6.07, 6.45) is 1.75. The molecule has 0 amide bonds. The summed E-state index contributed by atoms with van der Waals surface area (Å²) in [5.74, 6) is 1.76. The molecule has 1 aromatic heterocycles. The van der Waals surface area contributed by atoms with E-state index in [0.717, 1.165) is 11.4 Å². The van der Waals surface area contributed by atoms with Crippen molar-refractivity contribution in [1.29, 1.82) is 0 Å². The summed E-state index contributed by atoms with van der Waals surface area (Å²) >= 11 is 0. The van der Waals surface area contributed by atoms with Crippen molar-refractivity contribution in [2.75, 3.05) is 5.32 Å². The Balaban J connectivity index is 2.00. The summed E-state index contributed by atoms with van der Waals surface area (Å²) in [6.45, 7) is 10.7. The lowest BCUT2D eigenvalue weighted by Gasteiger charge is -2.12. The Morgan fingerprint density at radius 2 is 2.00 bits per heavy atom. The molecule has 0 aliphatic rings. The lowest BCUT2D eigenvalue weighted by molar-refractivity contribution is 0.383. The second-order valence-corrected chi connectivity index (χ2v) is 6.49. The molecule has 0 radical (unpaired) electrons. The summed E-state index contributed by atoms with van der Waals surface area (Å²) in [5, 5.41) is 3.08. The third-order valence-corrected chi connectivity index (χ3v) is 3.46. The first-order valence-corrected chi connectivity index (χ1v) is 7.35. The Hall–Kier alpha value is -2.30. The molecule has 0 saturated carbocycles. The van der Waals surface area contributed by atoms with Gasteiger partial charge in [0.1, 0.15) is 12.3 Å². The number of nitrogens with zero attached hydrogens (tertiary/aromatic N) is 2. The number of hydrogen-bond acceptors (Lipinski definition) is 3. The maximum absolute atomic E-state index is 5.90. The van der Waals surface area contributed by atoms with Crippen molar-refractivity contribution in [2.45, 2.75) is 46.6 Å². The number of guanidine groups is 1. The third kappa shape index (κ3) is 4.10. The van der Waals surface area contributed by atoms with E-state index in [1.54, 1.807) is 6.20 Å². The highest BCUT2D eigenvalue weighted by Crippen LogP contribution is 2.22. The van der Waals surface area contributed by atoms with E-state index in [1.807, 2.05) is 12.1 Å². The predicted molar refractivity (Wildman–Crippen MR) is 90.1 cm³/mol. The SMILES string of the molecule is Cc1ccc(NC(N)=NCc2ncc(C(C)(C)C)o2)cc1C. The van der Waals surface area contributed by atoms with Gasteiger partial charge in [0.15, 0.2) is 5.96 Å². The fraction of sp³-hybridized carbons (Fsp3) is 0.412. The molecule has 2 rings (SSSR count). The first kappa shape index (κ1) is 16.1. The topological polar surface area (TPSA) is 76.4 Å². The summed E-state index contributed by atoms with van der Waals surface area (Å²) in [4.78, 5) is 8.49. The van der Waals surface area contributed by atoms with Crippen molar-refractivity contribution in [2.24, 2.45) is 10.7 Å². The Labute approximate surface area is 131 Å². The number of aliphatic imine (C=N–C) groups is 1. The van der Waals surface area contributed by atoms with Crippen LogP contribution in [0.1, 0.15) is 43.5 Å². The fourth-order valence-electron chi connectivity index (χ4n) is 1.89. The van der Waals surface area contributed by atoms with E-state index in [2.05, 4.69) is 56.0 Å². The quantitative estimate of drug-likeness (QED) is 0.671. The summed E-state index contributed by atoms with van der Waals surface area (Å²) in [7, 11) is 0. The predicted octanol–water partition coefficient (Wildman–Crippen LogP) is 3.52. The minimum Gasteiger partial charge on any atom is -0.443 e. The molecule has 0 bridgehead atoms. The molecule has 1 aromatic carbocycles. The lowest BCUT2D eigenvalue weighted by Crippen LogP contribution is -2.22. The Bertz CT molecular complexity index is 680. The van der Waals surface area contributed by atoms with E-state index in [-0.39, 0.29) is 5.41 Å². The Morgan fingerprint density at radius 3 is 2.59 bits per heavy atom. The van der Waals surface area contributed by atoms with Gasteiger partial charge < -0.3 is 15.5 Å². The van der Waals surface area contributed by atoms with Gasteiger partial charge in [-0.05, 0) is 37.1 Å². The van der Waals surface area contributed by atoms with Crippen LogP contribution >= 0.6 is 0 Å². The van der Waals surface area contributed by atoms with Crippen LogP contribution in [0.4, 0.5) is 5.69 Å². The number of aryl methyl sites for hydroxylation is 2. The minimum absolute atomic E-state index is 0.0574. The largest absolute Gasteiger partial charge is 0.443 e. The van der Waals surface area contributed by atoms with Gasteiger partial charge >= 0.3 is 0 Å². The summed E-state index contributed by atoms with van der Waals surface area (Å²) in [6, 6.07) is 6.07. The van der Waals surface area contributed by atoms with E-state index >= 15 is 0 Å². The van der Waals surface area contributed by atoms with Gasteiger partial charge in [-0.2, -0.15) is 0 Å². The molecule has 1 heterocycles. The average molecular weight is 300 g/mol. The van der Waals surface area contributed by atoms with Crippen molar-refractivity contribution < 1.29 is 4.42 Å². The third-order valence-electron chi connectivity index (χ3n) is 3.46. The Kier molecular flexibility index (Phi) is 4.54. The molecule has 5 heteroatoms. The number of anilines is 1. The molecule has 3 N–H and O–H groups in total. The molecule has 0 atom stereocenters. The molecular formula is C17H24N4O.